The molecule has 0 aromatic carbocycles. The van der Waals surface area contributed by atoms with Gasteiger partial charge in [-0.3, -0.25) is 9.59 Å². The van der Waals surface area contributed by atoms with Gasteiger partial charge in [0.15, 0.2) is 8.32 Å². The number of carbonyl (C=O) groups is 2. The van der Waals surface area contributed by atoms with E-state index in [0.29, 0.717) is 13.1 Å². The van der Waals surface area contributed by atoms with Crippen LogP contribution in [0, 0.1) is 0 Å². The SMILES string of the molecule is C=CC(=O)NCC(CNC(=O)C=C)O[Si](C)(C)C. The molecule has 0 heterocycles. The third-order valence-corrected chi connectivity index (χ3v) is 2.94. The molecule has 0 atom stereocenters. The molecule has 0 radical (unpaired) electrons. The van der Waals surface area contributed by atoms with Crippen LogP contribution >= 0.6 is 0 Å². The fourth-order valence-electron chi connectivity index (χ4n) is 1.23. The van der Waals surface area contributed by atoms with Crippen LogP contribution in [-0.4, -0.2) is 39.3 Å². The molecule has 0 aliphatic heterocycles. The Morgan fingerprint density at radius 2 is 1.50 bits per heavy atom. The highest BCUT2D eigenvalue weighted by atomic mass is 28.4. The Labute approximate surface area is 109 Å². The van der Waals surface area contributed by atoms with Crippen LogP contribution < -0.4 is 10.6 Å². The van der Waals surface area contributed by atoms with E-state index in [1.807, 2.05) is 19.6 Å². The Morgan fingerprint density at radius 3 is 1.78 bits per heavy atom. The largest absolute Gasteiger partial charge is 0.411 e. The molecule has 6 heteroatoms. The van der Waals surface area contributed by atoms with Crippen molar-refractivity contribution >= 4 is 20.1 Å². The first-order valence-corrected chi connectivity index (χ1v) is 9.17. The monoisotopic (exact) mass is 270 g/mol. The van der Waals surface area contributed by atoms with Crippen LogP contribution in [0.5, 0.6) is 0 Å². The molecule has 18 heavy (non-hydrogen) atoms. The number of rotatable bonds is 8. The maximum atomic E-state index is 11.1. The summed E-state index contributed by atoms with van der Waals surface area (Å²) in [5.74, 6) is -0.511. The van der Waals surface area contributed by atoms with Crippen molar-refractivity contribution in [1.82, 2.24) is 10.6 Å². The van der Waals surface area contributed by atoms with Crippen molar-refractivity contribution in [3.8, 4) is 0 Å². The molecule has 0 spiro atoms. The minimum Gasteiger partial charge on any atom is -0.411 e. The van der Waals surface area contributed by atoms with Crippen LogP contribution in [0.25, 0.3) is 0 Å². The van der Waals surface area contributed by atoms with Crippen LogP contribution in [0.2, 0.25) is 19.6 Å². The zero-order chi connectivity index (χ0) is 14.2. The first-order chi connectivity index (χ1) is 8.28. The van der Waals surface area contributed by atoms with Crippen molar-refractivity contribution in [2.75, 3.05) is 13.1 Å². The Hall–Kier alpha value is -1.40. The van der Waals surface area contributed by atoms with Gasteiger partial charge in [-0.1, -0.05) is 13.2 Å². The summed E-state index contributed by atoms with van der Waals surface area (Å²) < 4.78 is 5.87. The molecule has 0 aromatic rings. The second-order valence-electron chi connectivity index (χ2n) is 4.75. The Morgan fingerprint density at radius 1 is 1.11 bits per heavy atom. The second kappa shape index (κ2) is 7.83. The molecular weight excluding hydrogens is 248 g/mol. The standard InChI is InChI=1S/C12H22N2O3Si/c1-6-11(15)13-8-10(17-18(3,4)5)9-14-12(16)7-2/h6-7,10H,1-2,8-9H2,3-5H3,(H,13,15)(H,14,16). The van der Waals surface area contributed by atoms with E-state index in [9.17, 15) is 9.59 Å². The van der Waals surface area contributed by atoms with E-state index in [1.165, 1.54) is 12.2 Å². The predicted octanol–water partition coefficient (Wildman–Crippen LogP) is 0.811. The van der Waals surface area contributed by atoms with E-state index >= 15 is 0 Å². The summed E-state index contributed by atoms with van der Waals surface area (Å²) in [4.78, 5) is 22.2. The van der Waals surface area contributed by atoms with Crippen LogP contribution in [0.3, 0.4) is 0 Å². The average Bonchev–Trinajstić information content (AvgIpc) is 2.29. The summed E-state index contributed by atoms with van der Waals surface area (Å²) in [7, 11) is -1.74. The van der Waals surface area contributed by atoms with Crippen molar-refractivity contribution in [1.29, 1.82) is 0 Å². The van der Waals surface area contributed by atoms with Crippen molar-refractivity contribution in [2.24, 2.45) is 0 Å². The summed E-state index contributed by atoms with van der Waals surface area (Å²) in [6.07, 6.45) is 2.16. The van der Waals surface area contributed by atoms with E-state index in [4.69, 9.17) is 4.43 Å². The number of hydrogen-bond acceptors (Lipinski definition) is 3. The summed E-state index contributed by atoms with van der Waals surface area (Å²) in [6, 6.07) is 0. The van der Waals surface area contributed by atoms with Gasteiger partial charge in [-0.2, -0.15) is 0 Å². The number of nitrogens with one attached hydrogen (secondary N) is 2. The number of amides is 2. The van der Waals surface area contributed by atoms with Crippen LogP contribution in [0.1, 0.15) is 0 Å². The van der Waals surface area contributed by atoms with E-state index in [2.05, 4.69) is 23.8 Å². The zero-order valence-corrected chi connectivity index (χ0v) is 12.3. The van der Waals surface area contributed by atoms with Crippen molar-refractivity contribution in [3.05, 3.63) is 25.3 Å². The van der Waals surface area contributed by atoms with E-state index in [0.717, 1.165) is 0 Å². The Kier molecular flexibility index (Phi) is 7.22. The molecule has 0 saturated carbocycles. The molecule has 2 N–H and O–H groups in total. The summed E-state index contributed by atoms with van der Waals surface area (Å²) in [5.41, 5.74) is 0. The fourth-order valence-corrected chi connectivity index (χ4v) is 2.40. The normalized spacial score (nSPS) is 10.9. The van der Waals surface area contributed by atoms with E-state index in [1.54, 1.807) is 0 Å². The molecule has 0 unspecified atom stereocenters. The minimum absolute atomic E-state index is 0.246. The molecule has 0 bridgehead atoms. The van der Waals surface area contributed by atoms with Gasteiger partial charge in [0.2, 0.25) is 11.8 Å². The number of hydrogen-bond donors (Lipinski definition) is 2. The Bertz CT molecular complexity index is 300. The molecule has 0 aliphatic carbocycles. The predicted molar refractivity (Wildman–Crippen MR) is 74.6 cm³/mol. The van der Waals surface area contributed by atoms with Crippen LogP contribution in [0.4, 0.5) is 0 Å². The van der Waals surface area contributed by atoms with Crippen LogP contribution in [-0.2, 0) is 14.0 Å². The van der Waals surface area contributed by atoms with Gasteiger partial charge in [0, 0.05) is 13.1 Å². The summed E-state index contributed by atoms with van der Waals surface area (Å²) >= 11 is 0. The molecule has 0 fully saturated rings. The fraction of sp³-hybridized carbons (Fsp3) is 0.500. The highest BCUT2D eigenvalue weighted by molar-refractivity contribution is 6.69. The summed E-state index contributed by atoms with van der Waals surface area (Å²) in [5, 5.41) is 5.32. The number of carbonyl (C=O) groups excluding carboxylic acids is 2. The first kappa shape index (κ1) is 16.6. The van der Waals surface area contributed by atoms with Gasteiger partial charge in [0.1, 0.15) is 0 Å². The third kappa shape index (κ3) is 8.71. The third-order valence-electron chi connectivity index (χ3n) is 1.90. The van der Waals surface area contributed by atoms with Gasteiger partial charge in [-0.25, -0.2) is 0 Å². The van der Waals surface area contributed by atoms with Gasteiger partial charge in [0.25, 0.3) is 0 Å². The lowest BCUT2D eigenvalue weighted by molar-refractivity contribution is -0.116. The second-order valence-corrected chi connectivity index (χ2v) is 9.21. The lowest BCUT2D eigenvalue weighted by atomic mass is 10.3. The molecule has 0 saturated heterocycles. The first-order valence-electron chi connectivity index (χ1n) is 5.77. The Balaban J connectivity index is 4.32. The molecule has 102 valence electrons. The van der Waals surface area contributed by atoms with Crippen molar-refractivity contribution < 1.29 is 14.0 Å². The summed E-state index contributed by atoms with van der Waals surface area (Å²) in [6.45, 7) is 13.6. The van der Waals surface area contributed by atoms with E-state index in [-0.39, 0.29) is 17.9 Å². The lowest BCUT2D eigenvalue weighted by Crippen LogP contribution is -2.45. The minimum atomic E-state index is -1.74. The smallest absolute Gasteiger partial charge is 0.243 e. The topological polar surface area (TPSA) is 67.4 Å². The average molecular weight is 270 g/mol. The highest BCUT2D eigenvalue weighted by Crippen LogP contribution is 2.06. The van der Waals surface area contributed by atoms with Gasteiger partial charge >= 0.3 is 0 Å². The molecule has 2 amide bonds. The molecule has 0 rings (SSSR count). The van der Waals surface area contributed by atoms with Gasteiger partial charge in [-0.05, 0) is 31.8 Å². The maximum Gasteiger partial charge on any atom is 0.243 e. The van der Waals surface area contributed by atoms with Gasteiger partial charge in [-0.15, -0.1) is 0 Å². The maximum absolute atomic E-state index is 11.1. The van der Waals surface area contributed by atoms with Crippen LogP contribution in [0.15, 0.2) is 25.3 Å². The highest BCUT2D eigenvalue weighted by Gasteiger charge is 2.21. The van der Waals surface area contributed by atoms with Crippen molar-refractivity contribution in [3.63, 3.8) is 0 Å². The molecular formula is C12H22N2O3Si. The molecule has 5 nitrogen and oxygen atoms in total. The zero-order valence-electron chi connectivity index (χ0n) is 11.3. The van der Waals surface area contributed by atoms with Gasteiger partial charge in [0.05, 0.1) is 6.10 Å². The molecule has 0 aliphatic rings. The van der Waals surface area contributed by atoms with Gasteiger partial charge < -0.3 is 15.1 Å². The van der Waals surface area contributed by atoms with Crippen molar-refractivity contribution in [2.45, 2.75) is 25.7 Å². The quantitative estimate of drug-likeness (QED) is 0.507. The van der Waals surface area contributed by atoms with E-state index < -0.39 is 8.32 Å². The molecule has 0 aromatic heterocycles. The lowest BCUT2D eigenvalue weighted by Gasteiger charge is -2.26.